The highest BCUT2D eigenvalue weighted by molar-refractivity contribution is 6.00. The van der Waals surface area contributed by atoms with Crippen LogP contribution in [0.3, 0.4) is 0 Å². The van der Waals surface area contributed by atoms with Crippen molar-refractivity contribution in [2.75, 3.05) is 39.0 Å². The van der Waals surface area contributed by atoms with Gasteiger partial charge in [-0.05, 0) is 50.4 Å². The average molecular weight is 508 g/mol. The molecule has 2 N–H and O–H groups in total. The van der Waals surface area contributed by atoms with E-state index in [0.29, 0.717) is 17.8 Å². The molecule has 38 heavy (non-hydrogen) atoms. The summed E-state index contributed by atoms with van der Waals surface area (Å²) in [6.45, 7) is 8.87. The molecule has 0 amide bonds. The van der Waals surface area contributed by atoms with Crippen molar-refractivity contribution in [2.24, 2.45) is 4.99 Å². The first-order chi connectivity index (χ1) is 18.5. The molecule has 0 unspecified atom stereocenters. The molecule has 196 valence electrons. The molecule has 1 saturated carbocycles. The van der Waals surface area contributed by atoms with Crippen molar-refractivity contribution < 1.29 is 0 Å². The van der Waals surface area contributed by atoms with E-state index in [0.717, 1.165) is 85.0 Å². The number of rotatable bonds is 6. The van der Waals surface area contributed by atoms with E-state index in [9.17, 15) is 0 Å². The zero-order valence-corrected chi connectivity index (χ0v) is 22.6. The third-order valence-electron chi connectivity index (χ3n) is 8.36. The fourth-order valence-corrected chi connectivity index (χ4v) is 5.90. The monoisotopic (exact) mass is 507 g/mol. The second kappa shape index (κ2) is 10.3. The zero-order valence-electron chi connectivity index (χ0n) is 22.6. The van der Waals surface area contributed by atoms with Crippen LogP contribution in [0.15, 0.2) is 65.9 Å². The Morgan fingerprint density at radius 1 is 1.05 bits per heavy atom. The Hall–Kier alpha value is -3.55. The lowest BCUT2D eigenvalue weighted by atomic mass is 9.78. The van der Waals surface area contributed by atoms with Crippen molar-refractivity contribution >= 4 is 22.7 Å². The smallest absolute Gasteiger partial charge is 0.150 e. The molecule has 1 aliphatic carbocycles. The van der Waals surface area contributed by atoms with Gasteiger partial charge in [0.05, 0.1) is 5.69 Å². The largest absolute Gasteiger partial charge is 0.382 e. The molecule has 0 bridgehead atoms. The van der Waals surface area contributed by atoms with Crippen LogP contribution in [0.5, 0.6) is 0 Å². The first-order valence-electron chi connectivity index (χ1n) is 13.8. The summed E-state index contributed by atoms with van der Waals surface area (Å²) in [6.07, 6.45) is 7.00. The van der Waals surface area contributed by atoms with Crippen molar-refractivity contribution in [1.82, 2.24) is 24.2 Å². The van der Waals surface area contributed by atoms with Gasteiger partial charge in [0.25, 0.3) is 0 Å². The minimum absolute atomic E-state index is 0.426. The summed E-state index contributed by atoms with van der Waals surface area (Å²) in [5.41, 5.74) is 13.6. The molecular formula is C31H37N7. The van der Waals surface area contributed by atoms with Gasteiger partial charge in [0.2, 0.25) is 0 Å². The first kappa shape index (κ1) is 24.8. The second-order valence-electron chi connectivity index (χ2n) is 10.8. The number of nitrogens with zero attached hydrogens (tertiary/aromatic N) is 6. The van der Waals surface area contributed by atoms with E-state index in [-0.39, 0.29) is 0 Å². The van der Waals surface area contributed by atoms with Gasteiger partial charge in [-0.25, -0.2) is 9.97 Å². The maximum Gasteiger partial charge on any atom is 0.150 e. The molecule has 6 rings (SSSR count). The van der Waals surface area contributed by atoms with Gasteiger partial charge in [-0.3, -0.25) is 14.3 Å². The minimum atomic E-state index is 0.426. The second-order valence-corrected chi connectivity index (χ2v) is 10.8. The van der Waals surface area contributed by atoms with E-state index in [1.54, 1.807) is 6.20 Å². The number of anilines is 1. The molecule has 1 saturated heterocycles. The molecule has 1 aliphatic heterocycles. The van der Waals surface area contributed by atoms with Crippen LogP contribution in [0.1, 0.15) is 49.6 Å². The molecule has 2 aromatic heterocycles. The molecular weight excluding hydrogens is 470 g/mol. The van der Waals surface area contributed by atoms with Gasteiger partial charge in [-0.2, -0.15) is 0 Å². The molecule has 7 heteroatoms. The molecule has 0 atom stereocenters. The fourth-order valence-electron chi connectivity index (χ4n) is 5.90. The maximum atomic E-state index is 6.46. The summed E-state index contributed by atoms with van der Waals surface area (Å²) in [5.74, 6) is 2.04. The third-order valence-corrected chi connectivity index (χ3v) is 8.36. The average Bonchev–Trinajstić information content (AvgIpc) is 3.30. The number of hydrogen-bond acceptors (Lipinski definition) is 6. The number of likely N-dealkylation sites (N-methyl/N-ethyl adjacent to an activating group) is 1. The number of aliphatic imine (C=N–C) groups is 1. The van der Waals surface area contributed by atoms with Gasteiger partial charge < -0.3 is 10.6 Å². The Kier molecular flexibility index (Phi) is 6.72. The fraction of sp³-hybridized carbons (Fsp3) is 0.387. The van der Waals surface area contributed by atoms with Gasteiger partial charge >= 0.3 is 0 Å². The van der Waals surface area contributed by atoms with Crippen LogP contribution >= 0.6 is 0 Å². The van der Waals surface area contributed by atoms with E-state index in [4.69, 9.17) is 15.7 Å². The topological polar surface area (TPSA) is 75.0 Å². The molecule has 4 aromatic rings. The molecule has 3 heterocycles. The Morgan fingerprint density at radius 2 is 1.82 bits per heavy atom. The zero-order chi connectivity index (χ0) is 26.2. The first-order valence-corrected chi connectivity index (χ1v) is 13.8. The number of hydrogen-bond donors (Lipinski definition) is 1. The Bertz CT molecular complexity index is 1460. The normalized spacial score (nSPS) is 21.1. The molecule has 7 nitrogen and oxygen atoms in total. The predicted molar refractivity (Wildman–Crippen MR) is 155 cm³/mol. The van der Waals surface area contributed by atoms with Crippen LogP contribution in [-0.2, 0) is 6.42 Å². The van der Waals surface area contributed by atoms with Gasteiger partial charge in [0.1, 0.15) is 22.9 Å². The summed E-state index contributed by atoms with van der Waals surface area (Å²) in [7, 11) is 2.21. The highest BCUT2D eigenvalue weighted by Gasteiger charge is 2.38. The van der Waals surface area contributed by atoms with Crippen molar-refractivity contribution in [3.05, 3.63) is 77.9 Å². The number of piperazine rings is 1. The van der Waals surface area contributed by atoms with E-state index in [2.05, 4.69) is 82.5 Å². The van der Waals surface area contributed by atoms with Gasteiger partial charge in [-0.1, -0.05) is 49.4 Å². The lowest BCUT2D eigenvalue weighted by Crippen LogP contribution is -2.52. The standard InChI is InChI=1S/C31H37N7/c1-4-22-10-11-24(20-27(22)34-21(2)23-8-6-5-7-9-23)28-29-30(32)33-12-13-38(29)31(35-28)25-18-26(19-25)37-16-14-36(3)15-17-37/h5-13,20,25-26H,4,14-19H2,1-3H3,(H2,32,33)/b34-21+/t25-,26+. The maximum absolute atomic E-state index is 6.46. The lowest BCUT2D eigenvalue weighted by Gasteiger charge is -2.45. The van der Waals surface area contributed by atoms with Crippen LogP contribution in [0, 0.1) is 0 Å². The minimum Gasteiger partial charge on any atom is -0.382 e. The van der Waals surface area contributed by atoms with E-state index < -0.39 is 0 Å². The third kappa shape index (κ3) is 4.61. The van der Waals surface area contributed by atoms with Crippen LogP contribution in [0.2, 0.25) is 0 Å². The van der Waals surface area contributed by atoms with E-state index >= 15 is 0 Å². The predicted octanol–water partition coefficient (Wildman–Crippen LogP) is 5.18. The molecule has 2 fully saturated rings. The molecule has 2 aromatic carbocycles. The highest BCUT2D eigenvalue weighted by atomic mass is 15.3. The number of imidazole rings is 1. The van der Waals surface area contributed by atoms with Crippen LogP contribution in [0.4, 0.5) is 11.5 Å². The molecule has 0 radical (unpaired) electrons. The summed E-state index contributed by atoms with van der Waals surface area (Å²) in [6, 6.07) is 17.5. The van der Waals surface area contributed by atoms with E-state index in [1.165, 1.54) is 5.56 Å². The van der Waals surface area contributed by atoms with Crippen molar-refractivity contribution in [3.63, 3.8) is 0 Å². The number of aryl methyl sites for hydroxylation is 1. The van der Waals surface area contributed by atoms with Gasteiger partial charge in [-0.15, -0.1) is 0 Å². The number of fused-ring (bicyclic) bond motifs is 1. The van der Waals surface area contributed by atoms with Gasteiger partial charge in [0.15, 0.2) is 0 Å². The Morgan fingerprint density at radius 3 is 2.55 bits per heavy atom. The SMILES string of the molecule is CCc1ccc(-c2nc([C@H]3C[C@@H](N4CCN(C)CC4)C3)n3ccnc(N)c23)cc1/N=C(\C)c1ccccc1. The van der Waals surface area contributed by atoms with Crippen molar-refractivity contribution in [2.45, 2.75) is 45.1 Å². The quantitative estimate of drug-likeness (QED) is 0.364. The summed E-state index contributed by atoms with van der Waals surface area (Å²) < 4.78 is 2.18. The molecule has 0 spiro atoms. The van der Waals surface area contributed by atoms with Crippen molar-refractivity contribution in [3.8, 4) is 11.3 Å². The number of aromatic nitrogens is 3. The van der Waals surface area contributed by atoms with Crippen LogP contribution < -0.4 is 5.73 Å². The Labute approximate surface area is 225 Å². The molecule has 2 aliphatic rings. The van der Waals surface area contributed by atoms with Gasteiger partial charge in [0, 0.05) is 61.8 Å². The highest BCUT2D eigenvalue weighted by Crippen LogP contribution is 2.42. The summed E-state index contributed by atoms with van der Waals surface area (Å²) in [5, 5.41) is 0. The number of nitrogen functional groups attached to an aromatic ring is 1. The van der Waals surface area contributed by atoms with E-state index in [1.807, 2.05) is 12.3 Å². The number of nitrogens with two attached hydrogens (primary N) is 1. The number of benzene rings is 2. The lowest BCUT2D eigenvalue weighted by molar-refractivity contribution is 0.0586. The van der Waals surface area contributed by atoms with Crippen LogP contribution in [0.25, 0.3) is 16.8 Å². The van der Waals surface area contributed by atoms with Crippen molar-refractivity contribution in [1.29, 1.82) is 0 Å². The Balaban J connectivity index is 1.34. The van der Waals surface area contributed by atoms with Crippen LogP contribution in [-0.4, -0.2) is 69.1 Å². The summed E-state index contributed by atoms with van der Waals surface area (Å²) >= 11 is 0. The summed E-state index contributed by atoms with van der Waals surface area (Å²) in [4.78, 5) is 19.8.